The van der Waals surface area contributed by atoms with Crippen LogP contribution in [0.25, 0.3) is 11.0 Å². The maximum atomic E-state index is 13.2. The van der Waals surface area contributed by atoms with Crippen LogP contribution in [0.1, 0.15) is 24.7 Å². The smallest absolute Gasteiger partial charge is 0.247 e. The van der Waals surface area contributed by atoms with Gasteiger partial charge in [-0.25, -0.2) is 4.98 Å². The summed E-state index contributed by atoms with van der Waals surface area (Å²) in [4.78, 5) is 19.8. The number of aromatic nitrogens is 2. The van der Waals surface area contributed by atoms with Crippen molar-refractivity contribution < 1.29 is 9.90 Å². The molecule has 2 aromatic carbocycles. The van der Waals surface area contributed by atoms with Crippen molar-refractivity contribution in [1.29, 1.82) is 0 Å². The summed E-state index contributed by atoms with van der Waals surface area (Å²) in [6.07, 6.45) is 2.19. The molecule has 1 atom stereocenters. The molecule has 3 aromatic rings. The molecule has 0 fully saturated rings. The molecule has 5 heteroatoms. The summed E-state index contributed by atoms with van der Waals surface area (Å²) in [6.45, 7) is 2.48. The molecule has 2 heterocycles. The van der Waals surface area contributed by atoms with Crippen molar-refractivity contribution in [2.24, 2.45) is 0 Å². The number of hydrogen-bond acceptors (Lipinski definition) is 3. The molecule has 0 saturated heterocycles. The fourth-order valence-corrected chi connectivity index (χ4v) is 3.89. The summed E-state index contributed by atoms with van der Waals surface area (Å²) in [6, 6.07) is 16.2. The summed E-state index contributed by atoms with van der Waals surface area (Å²) in [5.41, 5.74) is 4.10. The average Bonchev–Trinajstić information content (AvgIpc) is 3.16. The molecular formula is C21H23N3O2. The Hall–Kier alpha value is -2.66. The molecule has 0 bridgehead atoms. The molecule has 0 aliphatic carbocycles. The molecule has 26 heavy (non-hydrogen) atoms. The summed E-state index contributed by atoms with van der Waals surface area (Å²) in [5.74, 6) is 0.935. The number of carbonyl (C=O) groups is 1. The van der Waals surface area contributed by atoms with E-state index in [9.17, 15) is 9.90 Å². The first kappa shape index (κ1) is 16.8. The maximum absolute atomic E-state index is 13.2. The number of aliphatic hydroxyl groups is 1. The van der Waals surface area contributed by atoms with Gasteiger partial charge in [-0.3, -0.25) is 4.79 Å². The van der Waals surface area contributed by atoms with E-state index in [1.165, 1.54) is 5.56 Å². The van der Waals surface area contributed by atoms with E-state index >= 15 is 0 Å². The molecule has 0 radical (unpaired) electrons. The monoisotopic (exact) mass is 349 g/mol. The normalized spacial score (nSPS) is 16.2. The standard InChI is InChI=1S/C21H23N3O2/c1-15-13-16-7-2-4-9-18(16)24(15)21(26)14-23-19-10-5-3-8-17(19)22-20(23)11-6-12-25/h2-5,7-10,15,25H,6,11-14H2,1H3/t15-/m1/s1. The molecule has 0 unspecified atom stereocenters. The van der Waals surface area contributed by atoms with E-state index in [4.69, 9.17) is 0 Å². The molecule has 1 N–H and O–H groups in total. The lowest BCUT2D eigenvalue weighted by Gasteiger charge is -2.23. The van der Waals surface area contributed by atoms with Crippen molar-refractivity contribution in [2.75, 3.05) is 11.5 Å². The highest BCUT2D eigenvalue weighted by molar-refractivity contribution is 5.96. The van der Waals surface area contributed by atoms with Crippen LogP contribution in [0.15, 0.2) is 48.5 Å². The van der Waals surface area contributed by atoms with Gasteiger partial charge in [-0.15, -0.1) is 0 Å². The van der Waals surface area contributed by atoms with Crippen LogP contribution >= 0.6 is 0 Å². The fraction of sp³-hybridized carbons (Fsp3) is 0.333. The number of aryl methyl sites for hydroxylation is 1. The number of nitrogens with zero attached hydrogens (tertiary/aromatic N) is 3. The van der Waals surface area contributed by atoms with E-state index in [0.29, 0.717) is 12.8 Å². The van der Waals surface area contributed by atoms with Gasteiger partial charge >= 0.3 is 0 Å². The number of rotatable bonds is 5. The van der Waals surface area contributed by atoms with Crippen molar-refractivity contribution in [1.82, 2.24) is 9.55 Å². The third-order valence-corrected chi connectivity index (χ3v) is 5.06. The summed E-state index contributed by atoms with van der Waals surface area (Å²) in [7, 11) is 0. The van der Waals surface area contributed by atoms with Crippen molar-refractivity contribution in [2.45, 2.75) is 38.8 Å². The second kappa shape index (κ2) is 6.92. The zero-order chi connectivity index (χ0) is 18.1. The van der Waals surface area contributed by atoms with Crippen LogP contribution < -0.4 is 4.90 Å². The molecule has 0 saturated carbocycles. The number of aliphatic hydroxyl groups excluding tert-OH is 1. The van der Waals surface area contributed by atoms with Gasteiger partial charge in [0.15, 0.2) is 0 Å². The SMILES string of the molecule is C[C@@H]1Cc2ccccc2N1C(=O)Cn1c(CCCO)nc2ccccc21. The van der Waals surface area contributed by atoms with Crippen molar-refractivity contribution in [3.05, 3.63) is 59.9 Å². The quantitative estimate of drug-likeness (QED) is 0.770. The lowest BCUT2D eigenvalue weighted by molar-refractivity contribution is -0.119. The summed E-state index contributed by atoms with van der Waals surface area (Å²) in [5, 5.41) is 9.18. The second-order valence-corrected chi connectivity index (χ2v) is 6.88. The zero-order valence-corrected chi connectivity index (χ0v) is 14.9. The van der Waals surface area contributed by atoms with Crippen LogP contribution in [0.5, 0.6) is 0 Å². The molecule has 1 aliphatic heterocycles. The van der Waals surface area contributed by atoms with Gasteiger partial charge in [-0.05, 0) is 43.5 Å². The van der Waals surface area contributed by atoms with E-state index < -0.39 is 0 Å². The van der Waals surface area contributed by atoms with Crippen LogP contribution in [-0.2, 0) is 24.2 Å². The number of hydrogen-bond donors (Lipinski definition) is 1. The molecule has 1 aliphatic rings. The number of imidazole rings is 1. The van der Waals surface area contributed by atoms with Gasteiger partial charge in [0.1, 0.15) is 12.4 Å². The Labute approximate surface area is 152 Å². The molecule has 1 amide bonds. The van der Waals surface area contributed by atoms with Crippen molar-refractivity contribution >= 4 is 22.6 Å². The van der Waals surface area contributed by atoms with E-state index in [2.05, 4.69) is 18.0 Å². The van der Waals surface area contributed by atoms with Crippen molar-refractivity contribution in [3.63, 3.8) is 0 Å². The van der Waals surface area contributed by atoms with E-state index in [1.54, 1.807) is 0 Å². The number of para-hydroxylation sites is 3. The van der Waals surface area contributed by atoms with E-state index in [1.807, 2.05) is 51.9 Å². The highest BCUT2D eigenvalue weighted by atomic mass is 16.3. The molecular weight excluding hydrogens is 326 g/mol. The Kier molecular flexibility index (Phi) is 4.47. The predicted octanol–water partition coefficient (Wildman–Crippen LogP) is 2.94. The highest BCUT2D eigenvalue weighted by Gasteiger charge is 2.31. The molecule has 5 nitrogen and oxygen atoms in total. The van der Waals surface area contributed by atoms with Gasteiger partial charge in [-0.1, -0.05) is 30.3 Å². The predicted molar refractivity (Wildman–Crippen MR) is 102 cm³/mol. The van der Waals surface area contributed by atoms with E-state index in [0.717, 1.165) is 29.0 Å². The Morgan fingerprint density at radius 2 is 1.96 bits per heavy atom. The van der Waals surface area contributed by atoms with Gasteiger partial charge in [-0.2, -0.15) is 0 Å². The Morgan fingerprint density at radius 1 is 1.19 bits per heavy atom. The minimum Gasteiger partial charge on any atom is -0.396 e. The second-order valence-electron chi connectivity index (χ2n) is 6.88. The van der Waals surface area contributed by atoms with Crippen LogP contribution in [0.3, 0.4) is 0 Å². The van der Waals surface area contributed by atoms with Crippen molar-refractivity contribution in [3.8, 4) is 0 Å². The first-order chi connectivity index (χ1) is 12.7. The lowest BCUT2D eigenvalue weighted by Crippen LogP contribution is -2.38. The minimum absolute atomic E-state index is 0.0795. The van der Waals surface area contributed by atoms with Gasteiger partial charge in [0, 0.05) is 24.8 Å². The van der Waals surface area contributed by atoms with E-state index in [-0.39, 0.29) is 25.1 Å². The van der Waals surface area contributed by atoms with Crippen LogP contribution in [-0.4, -0.2) is 33.2 Å². The largest absolute Gasteiger partial charge is 0.396 e. The first-order valence-electron chi connectivity index (χ1n) is 9.14. The molecule has 134 valence electrons. The lowest BCUT2D eigenvalue weighted by atomic mass is 10.1. The number of benzene rings is 2. The summed E-state index contributed by atoms with van der Waals surface area (Å²) >= 11 is 0. The van der Waals surface area contributed by atoms with Crippen LogP contribution in [0.4, 0.5) is 5.69 Å². The van der Waals surface area contributed by atoms with Gasteiger partial charge in [0.05, 0.1) is 11.0 Å². The Balaban J connectivity index is 1.67. The maximum Gasteiger partial charge on any atom is 0.247 e. The number of fused-ring (bicyclic) bond motifs is 2. The average molecular weight is 349 g/mol. The molecule has 4 rings (SSSR count). The Morgan fingerprint density at radius 3 is 2.81 bits per heavy atom. The molecule has 0 spiro atoms. The van der Waals surface area contributed by atoms with Crippen LogP contribution in [0, 0.1) is 0 Å². The van der Waals surface area contributed by atoms with Crippen LogP contribution in [0.2, 0.25) is 0 Å². The zero-order valence-electron chi connectivity index (χ0n) is 14.9. The topological polar surface area (TPSA) is 58.4 Å². The van der Waals surface area contributed by atoms with Gasteiger partial charge in [0.2, 0.25) is 5.91 Å². The minimum atomic E-state index is 0.0795. The summed E-state index contributed by atoms with van der Waals surface area (Å²) < 4.78 is 2.00. The third kappa shape index (κ3) is 2.88. The highest BCUT2D eigenvalue weighted by Crippen LogP contribution is 2.32. The number of carbonyl (C=O) groups excluding carboxylic acids is 1. The third-order valence-electron chi connectivity index (χ3n) is 5.06. The first-order valence-corrected chi connectivity index (χ1v) is 9.14. The van der Waals surface area contributed by atoms with Gasteiger partial charge in [0.25, 0.3) is 0 Å². The number of anilines is 1. The fourth-order valence-electron chi connectivity index (χ4n) is 3.89. The molecule has 1 aromatic heterocycles. The Bertz CT molecular complexity index is 947. The van der Waals surface area contributed by atoms with Gasteiger partial charge < -0.3 is 14.6 Å². The number of amides is 1.